The molecule has 2 rings (SSSR count). The van der Waals surface area contributed by atoms with Crippen molar-refractivity contribution >= 4 is 25.3 Å². The average Bonchev–Trinajstić information content (AvgIpc) is 3.00. The Bertz CT molecular complexity index is 155. The fourth-order valence-electron chi connectivity index (χ4n) is 1.77. The summed E-state index contributed by atoms with van der Waals surface area (Å²) in [4.78, 5) is 0. The van der Waals surface area contributed by atoms with Gasteiger partial charge < -0.3 is 40.1 Å². The summed E-state index contributed by atoms with van der Waals surface area (Å²) >= 11 is 7.40. The van der Waals surface area contributed by atoms with Crippen LogP contribution in [0.2, 0.25) is 0 Å². The van der Waals surface area contributed by atoms with Gasteiger partial charge in [0.2, 0.25) is 0 Å². The number of thiocyanates is 2. The Morgan fingerprint density at radius 1 is 0.526 bits per heavy atom. The van der Waals surface area contributed by atoms with Crippen molar-refractivity contribution < 1.29 is 18.6 Å². The Balaban J connectivity index is -0.0000000450. The van der Waals surface area contributed by atoms with Crippen molar-refractivity contribution in [1.29, 1.82) is 10.5 Å². The van der Waals surface area contributed by atoms with Crippen LogP contribution in [-0.2, 0) is 43.8 Å². The third-order valence-corrected chi connectivity index (χ3v) is 2.50. The van der Waals surface area contributed by atoms with Gasteiger partial charge in [0.05, 0.1) is 0 Å². The topological polar surface area (TPSA) is 47.6 Å². The van der Waals surface area contributed by atoms with Crippen molar-refractivity contribution in [2.45, 2.75) is 64.2 Å². The number of rotatable bonds is 0. The minimum absolute atomic E-state index is 0. The standard InChI is InChI=1S/2C5H10.2CHNS.2CH3.V/c2*1-2-4-5-3-1;2*2-1-3;;;/h2*1-5H2;2*3H;2*1H3;/q;;;;2*-1;+4/p-2. The van der Waals surface area contributed by atoms with Crippen LogP contribution < -0.4 is 0 Å². The van der Waals surface area contributed by atoms with Gasteiger partial charge in [0.25, 0.3) is 0 Å². The van der Waals surface area contributed by atoms with Crippen LogP contribution in [0.4, 0.5) is 0 Å². The van der Waals surface area contributed by atoms with Crippen molar-refractivity contribution in [1.82, 2.24) is 0 Å². The first-order valence-corrected chi connectivity index (χ1v) is 6.67. The van der Waals surface area contributed by atoms with Crippen molar-refractivity contribution in [2.75, 3.05) is 0 Å². The summed E-state index contributed by atoms with van der Waals surface area (Å²) in [6.07, 6.45) is 15.0. The van der Waals surface area contributed by atoms with Crippen LogP contribution in [-0.4, -0.2) is 0 Å². The summed E-state index contributed by atoms with van der Waals surface area (Å²) in [6.45, 7) is 0. The molecule has 0 N–H and O–H groups in total. The molecular formula is C14H26N2S2V. The number of nitrogens with zero attached hydrogens (tertiary/aromatic N) is 2. The largest absolute Gasteiger partial charge is 4.00 e. The first-order valence-electron chi connectivity index (χ1n) is 5.86. The van der Waals surface area contributed by atoms with Gasteiger partial charge >= 0.3 is 18.6 Å². The predicted octanol–water partition coefficient (Wildman–Crippen LogP) is 4.83. The van der Waals surface area contributed by atoms with E-state index in [1.165, 1.54) is 75.0 Å². The third-order valence-electron chi connectivity index (χ3n) is 2.50. The normalized spacial score (nSPS) is 13.4. The van der Waals surface area contributed by atoms with Gasteiger partial charge in [0.15, 0.2) is 0 Å². The molecule has 2 saturated carbocycles. The van der Waals surface area contributed by atoms with Crippen molar-refractivity contribution in [3.8, 4) is 10.8 Å². The van der Waals surface area contributed by atoms with Crippen LogP contribution >= 0.6 is 0 Å². The van der Waals surface area contributed by atoms with E-state index in [4.69, 9.17) is 10.5 Å². The molecule has 0 saturated heterocycles. The Hall–Kier alpha value is 0.00442. The van der Waals surface area contributed by atoms with Gasteiger partial charge in [-0.15, -0.1) is 0 Å². The molecule has 0 atom stereocenters. The maximum Gasteiger partial charge on any atom is 4.00 e. The molecule has 0 heterocycles. The Morgan fingerprint density at radius 2 is 0.579 bits per heavy atom. The van der Waals surface area contributed by atoms with Gasteiger partial charge in [-0.2, -0.15) is 0 Å². The number of hydrogen-bond acceptors (Lipinski definition) is 4. The minimum Gasteiger partial charge on any atom is -0.696 e. The second-order valence-corrected chi connectivity index (χ2v) is 4.08. The van der Waals surface area contributed by atoms with Crippen LogP contribution in [0.1, 0.15) is 64.2 Å². The monoisotopic (exact) mass is 337 g/mol. The van der Waals surface area contributed by atoms with Crippen LogP contribution in [0.15, 0.2) is 0 Å². The maximum absolute atomic E-state index is 7.13. The molecule has 0 amide bonds. The Kier molecular flexibility index (Phi) is 59.7. The Morgan fingerprint density at radius 3 is 0.632 bits per heavy atom. The molecule has 109 valence electrons. The van der Waals surface area contributed by atoms with Crippen molar-refractivity contribution in [3.63, 3.8) is 0 Å². The molecule has 2 aliphatic rings. The van der Waals surface area contributed by atoms with Crippen LogP contribution in [0.25, 0.3) is 0 Å². The molecule has 2 aliphatic carbocycles. The second-order valence-electron chi connectivity index (χ2n) is 3.72. The fraction of sp³-hybridized carbons (Fsp3) is 0.714. The van der Waals surface area contributed by atoms with E-state index in [1.807, 2.05) is 0 Å². The summed E-state index contributed by atoms with van der Waals surface area (Å²) in [5, 5.41) is 16.9. The zero-order valence-electron chi connectivity index (χ0n) is 12.2. The van der Waals surface area contributed by atoms with E-state index in [2.05, 4.69) is 25.3 Å². The van der Waals surface area contributed by atoms with Crippen LogP contribution in [0.3, 0.4) is 0 Å². The number of hydrogen-bond donors (Lipinski definition) is 0. The summed E-state index contributed by atoms with van der Waals surface area (Å²) in [6, 6.07) is 0. The first-order chi connectivity index (χ1) is 7.83. The van der Waals surface area contributed by atoms with Crippen molar-refractivity contribution in [3.05, 3.63) is 14.9 Å². The predicted molar refractivity (Wildman–Crippen MR) is 85.0 cm³/mol. The average molecular weight is 337 g/mol. The quantitative estimate of drug-likeness (QED) is 0.361. The molecule has 0 aromatic rings. The van der Waals surface area contributed by atoms with E-state index in [1.54, 1.807) is 0 Å². The van der Waals surface area contributed by atoms with Gasteiger partial charge in [-0.05, 0) is 0 Å². The molecule has 19 heavy (non-hydrogen) atoms. The molecule has 0 unspecified atom stereocenters. The zero-order chi connectivity index (χ0) is 12.5. The smallest absolute Gasteiger partial charge is 0.696 e. The molecule has 1 radical (unpaired) electrons. The van der Waals surface area contributed by atoms with E-state index >= 15 is 0 Å². The van der Waals surface area contributed by atoms with Gasteiger partial charge in [0.1, 0.15) is 0 Å². The molecule has 5 heteroatoms. The molecular weight excluding hydrogens is 311 g/mol. The van der Waals surface area contributed by atoms with Gasteiger partial charge in [-0.3, -0.25) is 0 Å². The summed E-state index contributed by atoms with van der Waals surface area (Å²) < 4.78 is 0. The number of nitriles is 2. The van der Waals surface area contributed by atoms with E-state index in [9.17, 15) is 0 Å². The fourth-order valence-corrected chi connectivity index (χ4v) is 1.77. The molecule has 0 aliphatic heterocycles. The third kappa shape index (κ3) is 46.1. The molecule has 0 aromatic carbocycles. The molecule has 0 spiro atoms. The molecule has 0 bridgehead atoms. The van der Waals surface area contributed by atoms with Crippen LogP contribution in [0, 0.1) is 36.2 Å². The van der Waals surface area contributed by atoms with Crippen LogP contribution in [0.5, 0.6) is 0 Å². The van der Waals surface area contributed by atoms with E-state index in [0.29, 0.717) is 0 Å². The maximum atomic E-state index is 7.13. The minimum atomic E-state index is 0. The molecule has 0 aromatic heterocycles. The van der Waals surface area contributed by atoms with Gasteiger partial charge in [-0.1, -0.05) is 75.0 Å². The summed E-state index contributed by atoms with van der Waals surface area (Å²) in [5.74, 6) is 0. The summed E-state index contributed by atoms with van der Waals surface area (Å²) in [7, 11) is 0. The first kappa shape index (κ1) is 31.4. The second kappa shape index (κ2) is 36.1. The Labute approximate surface area is 144 Å². The van der Waals surface area contributed by atoms with Crippen molar-refractivity contribution in [2.24, 2.45) is 0 Å². The van der Waals surface area contributed by atoms with Gasteiger partial charge in [0, 0.05) is 0 Å². The molecule has 2 nitrogen and oxygen atoms in total. The molecule has 2 fully saturated rings. The zero-order valence-corrected chi connectivity index (χ0v) is 15.3. The van der Waals surface area contributed by atoms with E-state index in [-0.39, 0.29) is 33.4 Å². The summed E-state index contributed by atoms with van der Waals surface area (Å²) in [5.41, 5.74) is 0. The van der Waals surface area contributed by atoms with E-state index < -0.39 is 0 Å². The van der Waals surface area contributed by atoms with Gasteiger partial charge in [-0.25, -0.2) is 10.5 Å². The SMILES string of the molecule is C1CCCC1.C1CCCC1.N#C[S-].N#C[S-].[CH3-].[CH3-].[V+4]. The van der Waals surface area contributed by atoms with E-state index in [0.717, 1.165) is 0 Å².